The monoisotopic (exact) mass is 647 g/mol. The number of aliphatic hydroxyl groups excluding tert-OH is 1. The zero-order valence-electron chi connectivity index (χ0n) is 29.9. The Balaban J connectivity index is 1.88. The van der Waals surface area contributed by atoms with Gasteiger partial charge in [-0.3, -0.25) is 9.59 Å². The molecule has 0 saturated carbocycles. The van der Waals surface area contributed by atoms with Crippen LogP contribution in [0.4, 0.5) is 0 Å². The number of carbonyl (C=O) groups is 2. The number of carbonyl (C=O) groups excluding carboxylic acids is 2. The smallest absolute Gasteiger partial charge is 0.305 e. The number of unbranched alkanes of at least 4 members (excludes halogenated alkanes) is 13. The fraction of sp³-hybridized carbons (Fsp3) is 0.800. The molecule has 2 unspecified atom stereocenters. The summed E-state index contributed by atoms with van der Waals surface area (Å²) in [4.78, 5) is 24.0. The Labute approximate surface area is 282 Å². The van der Waals surface area contributed by atoms with E-state index in [4.69, 9.17) is 14.2 Å². The number of aliphatic hydroxyl groups is 1. The molecule has 0 aromatic carbocycles. The molecule has 0 spiro atoms. The molecule has 0 aliphatic carbocycles. The van der Waals surface area contributed by atoms with E-state index in [1.807, 2.05) is 0 Å². The topological polar surface area (TPSA) is 85.4 Å². The molecule has 0 radical (unpaired) electrons. The second-order valence-electron chi connectivity index (χ2n) is 13.6. The van der Waals surface area contributed by atoms with Crippen LogP contribution >= 0.6 is 0 Å². The van der Waals surface area contributed by atoms with Gasteiger partial charge in [0.05, 0.1) is 12.2 Å². The zero-order valence-corrected chi connectivity index (χ0v) is 29.9. The van der Waals surface area contributed by atoms with Crippen LogP contribution in [0.15, 0.2) is 36.5 Å². The second kappa shape index (κ2) is 30.4. The van der Waals surface area contributed by atoms with Crippen molar-refractivity contribution in [2.45, 2.75) is 187 Å². The molecule has 1 N–H and O–H groups in total. The lowest BCUT2D eigenvalue weighted by atomic mass is 10.0. The van der Waals surface area contributed by atoms with E-state index >= 15 is 0 Å². The third-order valence-electron chi connectivity index (χ3n) is 8.48. The van der Waals surface area contributed by atoms with Gasteiger partial charge in [0.2, 0.25) is 0 Å². The van der Waals surface area contributed by atoms with Gasteiger partial charge in [0, 0.05) is 12.8 Å². The fourth-order valence-corrected chi connectivity index (χ4v) is 5.47. The van der Waals surface area contributed by atoms with Crippen LogP contribution in [0, 0.1) is 5.92 Å². The molecule has 3 atom stereocenters. The van der Waals surface area contributed by atoms with E-state index in [0.717, 1.165) is 50.9 Å². The summed E-state index contributed by atoms with van der Waals surface area (Å²) in [6.45, 7) is 6.54. The zero-order chi connectivity index (χ0) is 33.5. The van der Waals surface area contributed by atoms with Gasteiger partial charge in [-0.2, -0.15) is 0 Å². The number of allylic oxidation sites excluding steroid dienone is 5. The summed E-state index contributed by atoms with van der Waals surface area (Å²) in [5.41, 5.74) is 0. The van der Waals surface area contributed by atoms with Crippen LogP contribution in [0.25, 0.3) is 0 Å². The molecule has 0 amide bonds. The SMILES string of the molecule is CCCCC/C=C\C/C=C\C/C=C\CC1OC1CCCC(=O)OC[C@H](O)COC(=O)CCCCCCCCCCCCCC(C)C. The van der Waals surface area contributed by atoms with Crippen LogP contribution < -0.4 is 0 Å². The maximum Gasteiger partial charge on any atom is 0.305 e. The summed E-state index contributed by atoms with van der Waals surface area (Å²) in [6, 6.07) is 0. The van der Waals surface area contributed by atoms with Crippen molar-refractivity contribution in [3.8, 4) is 0 Å². The van der Waals surface area contributed by atoms with Crippen LogP contribution in [-0.4, -0.2) is 48.6 Å². The first-order valence-electron chi connectivity index (χ1n) is 19.0. The van der Waals surface area contributed by atoms with E-state index < -0.39 is 6.10 Å². The summed E-state index contributed by atoms with van der Waals surface area (Å²) >= 11 is 0. The molecular weight excluding hydrogens is 576 g/mol. The third kappa shape index (κ3) is 28.3. The minimum atomic E-state index is -0.993. The van der Waals surface area contributed by atoms with E-state index in [9.17, 15) is 14.7 Å². The van der Waals surface area contributed by atoms with Gasteiger partial charge in [0.25, 0.3) is 0 Å². The molecule has 6 nitrogen and oxygen atoms in total. The maximum atomic E-state index is 12.0. The Kier molecular flexibility index (Phi) is 27.8. The van der Waals surface area contributed by atoms with Crippen molar-refractivity contribution in [1.82, 2.24) is 0 Å². The predicted octanol–water partition coefficient (Wildman–Crippen LogP) is 10.5. The van der Waals surface area contributed by atoms with Crippen molar-refractivity contribution >= 4 is 11.9 Å². The van der Waals surface area contributed by atoms with Crippen LogP contribution in [-0.2, 0) is 23.8 Å². The fourth-order valence-electron chi connectivity index (χ4n) is 5.47. The molecule has 46 heavy (non-hydrogen) atoms. The quantitative estimate of drug-likeness (QED) is 0.0339. The molecule has 266 valence electrons. The van der Waals surface area contributed by atoms with Crippen molar-refractivity contribution in [1.29, 1.82) is 0 Å². The van der Waals surface area contributed by atoms with Crippen molar-refractivity contribution in [2.24, 2.45) is 5.92 Å². The lowest BCUT2D eigenvalue weighted by Crippen LogP contribution is -2.25. The molecule has 0 bridgehead atoms. The Morgan fingerprint density at radius 1 is 0.652 bits per heavy atom. The summed E-state index contributed by atoms with van der Waals surface area (Å²) in [6.07, 6.45) is 37.9. The highest BCUT2D eigenvalue weighted by molar-refractivity contribution is 5.69. The first-order chi connectivity index (χ1) is 22.4. The molecule has 0 aromatic rings. The van der Waals surface area contributed by atoms with Gasteiger partial charge in [-0.1, -0.05) is 141 Å². The lowest BCUT2D eigenvalue weighted by molar-refractivity contribution is -0.152. The Hall–Kier alpha value is -1.92. The second-order valence-corrected chi connectivity index (χ2v) is 13.6. The van der Waals surface area contributed by atoms with E-state index in [-0.39, 0.29) is 37.4 Å². The molecule has 6 heteroatoms. The minimum Gasteiger partial charge on any atom is -0.463 e. The molecule has 0 aromatic heterocycles. The van der Waals surface area contributed by atoms with Gasteiger partial charge in [-0.25, -0.2) is 0 Å². The predicted molar refractivity (Wildman–Crippen MR) is 191 cm³/mol. The summed E-state index contributed by atoms with van der Waals surface area (Å²) in [7, 11) is 0. The number of hydrogen-bond donors (Lipinski definition) is 1. The van der Waals surface area contributed by atoms with Gasteiger partial charge < -0.3 is 19.3 Å². The Bertz CT molecular complexity index is 817. The van der Waals surface area contributed by atoms with Crippen molar-refractivity contribution in [3.63, 3.8) is 0 Å². The van der Waals surface area contributed by atoms with E-state index in [2.05, 4.69) is 57.2 Å². The number of ether oxygens (including phenoxy) is 3. The molecule has 1 heterocycles. The highest BCUT2D eigenvalue weighted by Gasteiger charge is 2.36. The summed E-state index contributed by atoms with van der Waals surface area (Å²) < 4.78 is 16.0. The van der Waals surface area contributed by atoms with Gasteiger partial charge >= 0.3 is 11.9 Å². The normalized spacial score (nSPS) is 17.1. The van der Waals surface area contributed by atoms with Crippen molar-refractivity contribution < 1.29 is 28.9 Å². The Morgan fingerprint density at radius 2 is 1.17 bits per heavy atom. The van der Waals surface area contributed by atoms with E-state index in [0.29, 0.717) is 19.3 Å². The van der Waals surface area contributed by atoms with Crippen molar-refractivity contribution in [3.05, 3.63) is 36.5 Å². The molecule has 1 rings (SSSR count). The molecule has 1 aliphatic rings. The van der Waals surface area contributed by atoms with Gasteiger partial charge in [-0.15, -0.1) is 0 Å². The van der Waals surface area contributed by atoms with Gasteiger partial charge in [0.15, 0.2) is 0 Å². The largest absolute Gasteiger partial charge is 0.463 e. The first kappa shape index (κ1) is 42.1. The maximum absolute atomic E-state index is 12.0. The van der Waals surface area contributed by atoms with Crippen molar-refractivity contribution in [2.75, 3.05) is 13.2 Å². The highest BCUT2D eigenvalue weighted by Crippen LogP contribution is 2.30. The number of hydrogen-bond acceptors (Lipinski definition) is 6. The number of esters is 2. The van der Waals surface area contributed by atoms with Crippen LogP contribution in [0.3, 0.4) is 0 Å². The molecular formula is C40H70O6. The standard InChI is InChI=1S/C40H70O6/c1-4-5-6-7-8-9-10-13-16-19-22-25-29-37-38(46-37)30-27-32-40(43)45-34-36(41)33-44-39(42)31-26-23-20-17-14-11-12-15-18-21-24-28-35(2)3/h8-9,13,16,22,25,35-38,41H,4-7,10-12,14-15,17-21,23-24,26-34H2,1-3H3/b9-8-,16-13-,25-22-/t36-,37?,38?/m1/s1. The minimum absolute atomic E-state index is 0.138. The third-order valence-corrected chi connectivity index (χ3v) is 8.48. The van der Waals surface area contributed by atoms with Gasteiger partial charge in [0.1, 0.15) is 19.3 Å². The van der Waals surface area contributed by atoms with Crippen LogP contribution in [0.1, 0.15) is 168 Å². The lowest BCUT2D eigenvalue weighted by Gasteiger charge is -2.12. The Morgan fingerprint density at radius 3 is 1.76 bits per heavy atom. The summed E-state index contributed by atoms with van der Waals surface area (Å²) in [5, 5.41) is 10.0. The number of rotatable bonds is 32. The average Bonchev–Trinajstić information content (AvgIpc) is 3.79. The van der Waals surface area contributed by atoms with Gasteiger partial charge in [-0.05, 0) is 57.3 Å². The summed E-state index contributed by atoms with van der Waals surface area (Å²) in [5.74, 6) is 0.192. The average molecular weight is 647 g/mol. The highest BCUT2D eigenvalue weighted by atomic mass is 16.6. The number of epoxide rings is 1. The molecule has 1 fully saturated rings. The van der Waals surface area contributed by atoms with E-state index in [1.54, 1.807) is 0 Å². The first-order valence-corrected chi connectivity index (χ1v) is 19.0. The van der Waals surface area contributed by atoms with Crippen LogP contribution in [0.5, 0.6) is 0 Å². The molecule has 1 saturated heterocycles. The molecule has 1 aliphatic heterocycles. The van der Waals surface area contributed by atoms with Crippen LogP contribution in [0.2, 0.25) is 0 Å². The van der Waals surface area contributed by atoms with E-state index in [1.165, 1.54) is 83.5 Å².